The molecule has 14 heavy (non-hydrogen) atoms. The molecule has 2 aromatic heterocycles. The van der Waals surface area contributed by atoms with Crippen molar-refractivity contribution in [1.29, 1.82) is 0 Å². The van der Waals surface area contributed by atoms with Gasteiger partial charge in [0.2, 0.25) is 0 Å². The molecule has 0 aliphatic heterocycles. The number of hydrogen-bond acceptors (Lipinski definition) is 4. The molecule has 2 heterocycles. The molecule has 4 heteroatoms. The highest BCUT2D eigenvalue weighted by Crippen LogP contribution is 2.27. The summed E-state index contributed by atoms with van der Waals surface area (Å²) in [4.78, 5) is 0. The van der Waals surface area contributed by atoms with Gasteiger partial charge in [-0.3, -0.25) is 0 Å². The summed E-state index contributed by atoms with van der Waals surface area (Å²) in [5, 5.41) is 2.08. The molecule has 0 atom stereocenters. The lowest BCUT2D eigenvalue weighted by Crippen LogP contribution is -1.92. The Kier molecular flexibility index (Phi) is 3.29. The minimum Gasteiger partial charge on any atom is -0.464 e. The van der Waals surface area contributed by atoms with Crippen LogP contribution in [0.1, 0.15) is 11.5 Å². The first-order valence-electron chi connectivity index (χ1n) is 4.32. The molecule has 0 amide bonds. The Labute approximate surface area is 91.1 Å². The molecule has 2 N–H and O–H groups in total. The minimum atomic E-state index is 0.476. The van der Waals surface area contributed by atoms with Crippen molar-refractivity contribution in [2.45, 2.75) is 16.5 Å². The van der Waals surface area contributed by atoms with Crippen molar-refractivity contribution in [3.63, 3.8) is 0 Å². The molecular formula is C10H11NOS2. The van der Waals surface area contributed by atoms with Crippen LogP contribution in [0.5, 0.6) is 0 Å². The molecule has 2 aromatic rings. The monoisotopic (exact) mass is 225 g/mol. The van der Waals surface area contributed by atoms with Crippen LogP contribution in [0.15, 0.2) is 38.3 Å². The first-order chi connectivity index (χ1) is 6.88. The van der Waals surface area contributed by atoms with E-state index in [-0.39, 0.29) is 0 Å². The fourth-order valence-electron chi connectivity index (χ4n) is 1.10. The first-order valence-corrected chi connectivity index (χ1v) is 6.19. The van der Waals surface area contributed by atoms with E-state index >= 15 is 0 Å². The van der Waals surface area contributed by atoms with E-state index in [1.54, 1.807) is 23.1 Å². The van der Waals surface area contributed by atoms with Gasteiger partial charge in [0.15, 0.2) is 0 Å². The van der Waals surface area contributed by atoms with Gasteiger partial charge in [-0.1, -0.05) is 6.07 Å². The van der Waals surface area contributed by atoms with Crippen molar-refractivity contribution in [3.8, 4) is 0 Å². The third-order valence-corrected chi connectivity index (χ3v) is 3.92. The highest BCUT2D eigenvalue weighted by atomic mass is 32.2. The highest BCUT2D eigenvalue weighted by Gasteiger charge is 2.01. The van der Waals surface area contributed by atoms with E-state index in [0.717, 1.165) is 17.3 Å². The summed E-state index contributed by atoms with van der Waals surface area (Å²) in [5.41, 5.74) is 5.46. The van der Waals surface area contributed by atoms with Crippen LogP contribution in [-0.4, -0.2) is 0 Å². The molecule has 0 aromatic carbocycles. The molecule has 74 valence electrons. The predicted molar refractivity (Wildman–Crippen MR) is 60.5 cm³/mol. The molecule has 0 saturated carbocycles. The first kappa shape index (κ1) is 9.83. The van der Waals surface area contributed by atoms with E-state index < -0.39 is 0 Å². The maximum absolute atomic E-state index is 5.49. The maximum atomic E-state index is 5.49. The van der Waals surface area contributed by atoms with E-state index in [2.05, 4.69) is 17.5 Å². The smallest absolute Gasteiger partial charge is 0.117 e. The number of thioether (sulfide) groups is 1. The van der Waals surface area contributed by atoms with Crippen LogP contribution >= 0.6 is 23.1 Å². The van der Waals surface area contributed by atoms with Crippen LogP contribution in [0, 0.1) is 0 Å². The van der Waals surface area contributed by atoms with Gasteiger partial charge < -0.3 is 10.2 Å². The van der Waals surface area contributed by atoms with E-state index in [1.807, 2.05) is 12.1 Å². The lowest BCUT2D eigenvalue weighted by molar-refractivity contribution is 0.482. The summed E-state index contributed by atoms with van der Waals surface area (Å²) < 4.78 is 6.81. The van der Waals surface area contributed by atoms with Gasteiger partial charge in [0.05, 0.1) is 16.5 Å². The Morgan fingerprint density at radius 1 is 1.29 bits per heavy atom. The zero-order chi connectivity index (χ0) is 9.80. The van der Waals surface area contributed by atoms with Gasteiger partial charge in [-0.25, -0.2) is 0 Å². The second-order valence-corrected chi connectivity index (χ2v) is 5.02. The second-order valence-electron chi connectivity index (χ2n) is 2.79. The fraction of sp³-hybridized carbons (Fsp3) is 0.200. The number of hydrogen-bond donors (Lipinski definition) is 1. The molecule has 0 spiro atoms. The summed E-state index contributed by atoms with van der Waals surface area (Å²) >= 11 is 3.54. The Morgan fingerprint density at radius 2 is 2.14 bits per heavy atom. The van der Waals surface area contributed by atoms with Gasteiger partial charge in [-0.05, 0) is 23.6 Å². The van der Waals surface area contributed by atoms with Crippen LogP contribution in [0.3, 0.4) is 0 Å². The Balaban J connectivity index is 1.92. The van der Waals surface area contributed by atoms with E-state index in [1.165, 1.54) is 4.21 Å². The van der Waals surface area contributed by atoms with Crippen molar-refractivity contribution in [1.82, 2.24) is 0 Å². The quantitative estimate of drug-likeness (QED) is 0.813. The molecule has 0 fully saturated rings. The summed E-state index contributed by atoms with van der Waals surface area (Å²) in [6.45, 7) is 0.476. The molecule has 0 saturated heterocycles. The normalized spacial score (nSPS) is 10.6. The number of rotatable bonds is 4. The molecule has 0 aliphatic carbocycles. The van der Waals surface area contributed by atoms with Crippen LogP contribution in [0.2, 0.25) is 0 Å². The molecular weight excluding hydrogens is 214 g/mol. The van der Waals surface area contributed by atoms with Crippen LogP contribution in [0.25, 0.3) is 0 Å². The zero-order valence-electron chi connectivity index (χ0n) is 7.60. The summed E-state index contributed by atoms with van der Waals surface area (Å²) in [7, 11) is 0. The minimum absolute atomic E-state index is 0.476. The maximum Gasteiger partial charge on any atom is 0.117 e. The van der Waals surface area contributed by atoms with E-state index in [0.29, 0.717) is 6.54 Å². The summed E-state index contributed by atoms with van der Waals surface area (Å²) in [5.74, 6) is 2.72. The Hall–Kier alpha value is -0.710. The van der Waals surface area contributed by atoms with Crippen LogP contribution in [0.4, 0.5) is 0 Å². The molecule has 0 bridgehead atoms. The van der Waals surface area contributed by atoms with Crippen molar-refractivity contribution in [2.75, 3.05) is 0 Å². The molecule has 2 rings (SSSR count). The average molecular weight is 225 g/mol. The molecule has 2 nitrogen and oxygen atoms in total. The molecule has 0 aliphatic rings. The highest BCUT2D eigenvalue weighted by molar-refractivity contribution is 8.00. The Bertz CT molecular complexity index is 380. The number of thiophene rings is 1. The second kappa shape index (κ2) is 4.68. The summed E-state index contributed by atoms with van der Waals surface area (Å²) in [6.07, 6.45) is 0. The molecule has 0 radical (unpaired) electrons. The standard InChI is InChI=1S/C10H11NOS2/c11-6-8-3-4-9(12-8)7-14-10-2-1-5-13-10/h1-5H,6-7,11H2. The fourth-order valence-corrected chi connectivity index (χ4v) is 2.78. The van der Waals surface area contributed by atoms with Crippen molar-refractivity contribution in [3.05, 3.63) is 41.2 Å². The zero-order valence-corrected chi connectivity index (χ0v) is 9.24. The SMILES string of the molecule is NCc1ccc(CSc2cccs2)o1. The number of furan rings is 1. The van der Waals surface area contributed by atoms with Crippen molar-refractivity contribution in [2.24, 2.45) is 5.73 Å². The third-order valence-electron chi connectivity index (χ3n) is 1.77. The van der Waals surface area contributed by atoms with Crippen molar-refractivity contribution >= 4 is 23.1 Å². The van der Waals surface area contributed by atoms with Crippen LogP contribution < -0.4 is 5.73 Å². The Morgan fingerprint density at radius 3 is 2.79 bits per heavy atom. The number of nitrogens with two attached hydrogens (primary N) is 1. The van der Waals surface area contributed by atoms with Gasteiger partial charge in [0.1, 0.15) is 11.5 Å². The predicted octanol–water partition coefficient (Wildman–Crippen LogP) is 3.09. The van der Waals surface area contributed by atoms with E-state index in [4.69, 9.17) is 10.2 Å². The average Bonchev–Trinajstić information content (AvgIpc) is 2.86. The van der Waals surface area contributed by atoms with Crippen molar-refractivity contribution < 1.29 is 4.42 Å². The topological polar surface area (TPSA) is 39.2 Å². The third kappa shape index (κ3) is 2.41. The van der Waals surface area contributed by atoms with Gasteiger partial charge in [0.25, 0.3) is 0 Å². The van der Waals surface area contributed by atoms with Gasteiger partial charge in [-0.15, -0.1) is 23.1 Å². The van der Waals surface area contributed by atoms with E-state index in [9.17, 15) is 0 Å². The lowest BCUT2D eigenvalue weighted by Gasteiger charge is -1.94. The molecule has 0 unspecified atom stereocenters. The summed E-state index contributed by atoms with van der Waals surface area (Å²) in [6, 6.07) is 8.09. The van der Waals surface area contributed by atoms with Gasteiger partial charge in [0, 0.05) is 0 Å². The van der Waals surface area contributed by atoms with Gasteiger partial charge >= 0.3 is 0 Å². The van der Waals surface area contributed by atoms with Gasteiger partial charge in [-0.2, -0.15) is 0 Å². The lowest BCUT2D eigenvalue weighted by atomic mass is 10.4. The van der Waals surface area contributed by atoms with Crippen LogP contribution in [-0.2, 0) is 12.3 Å². The largest absolute Gasteiger partial charge is 0.464 e.